The second-order valence-corrected chi connectivity index (χ2v) is 28.5. The minimum atomic E-state index is -0.306. The van der Waals surface area contributed by atoms with Gasteiger partial charge in [0.05, 0.1) is 45.7 Å². The molecule has 588 valence electrons. The number of nitrogens with one attached hydrogen (secondary N) is 1. The highest BCUT2D eigenvalue weighted by atomic mass is 19.1. The van der Waals surface area contributed by atoms with Gasteiger partial charge in [-0.1, -0.05) is 122 Å². The number of nitrogens with zero attached hydrogens (tertiary/aromatic N) is 19. The minimum Gasteiger partial charge on any atom is -0.469 e. The van der Waals surface area contributed by atoms with Crippen molar-refractivity contribution in [1.82, 2.24) is 94.3 Å². The van der Waals surface area contributed by atoms with E-state index in [1.54, 1.807) is 45.0 Å². The third-order valence-corrected chi connectivity index (χ3v) is 19.4. The smallest absolute Gasteiger partial charge is 0.262 e. The summed E-state index contributed by atoms with van der Waals surface area (Å²) in [7, 11) is 0. The largest absolute Gasteiger partial charge is 0.469 e. The molecule has 0 spiro atoms. The average Bonchev–Trinajstić information content (AvgIpc) is 1.69. The third-order valence-electron chi connectivity index (χ3n) is 19.4. The van der Waals surface area contributed by atoms with Crippen LogP contribution in [0.25, 0.3) is 88.3 Å². The maximum Gasteiger partial charge on any atom is 0.262 e. The Morgan fingerprint density at radius 3 is 1.56 bits per heavy atom. The third kappa shape index (κ3) is 17.0. The van der Waals surface area contributed by atoms with Crippen LogP contribution in [0.1, 0.15) is 105 Å². The van der Waals surface area contributed by atoms with Crippen molar-refractivity contribution in [2.45, 2.75) is 114 Å². The van der Waals surface area contributed by atoms with E-state index in [1.807, 2.05) is 191 Å². The first-order chi connectivity index (χ1) is 57.5. The number of ether oxygens (including phenoxy) is 4. The fourth-order valence-electron chi connectivity index (χ4n) is 13.3. The van der Waals surface area contributed by atoms with Gasteiger partial charge in [0.1, 0.15) is 101 Å². The van der Waals surface area contributed by atoms with Crippen LogP contribution in [0.3, 0.4) is 0 Å². The molecular formula is C89H77FN20O8. The van der Waals surface area contributed by atoms with Crippen LogP contribution in [0.2, 0.25) is 0 Å². The molecule has 0 fully saturated rings. The van der Waals surface area contributed by atoms with E-state index in [1.165, 1.54) is 17.2 Å². The van der Waals surface area contributed by atoms with Gasteiger partial charge in [0.15, 0.2) is 5.52 Å². The van der Waals surface area contributed by atoms with Crippen molar-refractivity contribution >= 4 is 100 Å². The molecule has 0 aliphatic rings. The van der Waals surface area contributed by atoms with E-state index in [4.69, 9.17) is 41.6 Å². The molecule has 0 atom stereocenters. The molecule has 0 bridgehead atoms. The number of hydrogen-bond donors (Lipinski definition) is 1. The van der Waals surface area contributed by atoms with Gasteiger partial charge in [-0.15, -0.1) is 25.5 Å². The Balaban J connectivity index is 0.000000114. The molecule has 1 N–H and O–H groups in total. The fourth-order valence-corrected chi connectivity index (χ4v) is 13.3. The summed E-state index contributed by atoms with van der Waals surface area (Å²) in [5.41, 5.74) is 13.2. The lowest BCUT2D eigenvalue weighted by atomic mass is 10.1. The first-order valence-corrected chi connectivity index (χ1v) is 38.2. The molecule has 0 saturated carbocycles. The Kier molecular flexibility index (Phi) is 21.3. The van der Waals surface area contributed by atoms with E-state index in [9.17, 15) is 4.39 Å². The van der Waals surface area contributed by atoms with Crippen LogP contribution in [0.4, 0.5) is 16.3 Å². The van der Waals surface area contributed by atoms with Gasteiger partial charge in [-0.2, -0.15) is 24.0 Å². The molecular weight excluding hydrogens is 1500 g/mol. The summed E-state index contributed by atoms with van der Waals surface area (Å²) in [5.74, 6) is 8.75. The number of furan rings is 4. The maximum atomic E-state index is 14.1. The van der Waals surface area contributed by atoms with Gasteiger partial charge in [-0.25, -0.2) is 44.0 Å². The highest BCUT2D eigenvalue weighted by Crippen LogP contribution is 2.32. The molecule has 118 heavy (non-hydrogen) atoms. The average molecular weight is 1570 g/mol. The van der Waals surface area contributed by atoms with Crippen molar-refractivity contribution in [2.75, 3.05) is 5.32 Å². The lowest BCUT2D eigenvalue weighted by molar-refractivity contribution is 0.257. The maximum absolute atomic E-state index is 14.1. The minimum absolute atomic E-state index is 0.173. The van der Waals surface area contributed by atoms with E-state index >= 15 is 0 Å². The van der Waals surface area contributed by atoms with Crippen molar-refractivity contribution < 1.29 is 41.0 Å². The SMILES string of the molecule is Cc1cc2nc(Nc3nc(OCc4cc5ccccc5o4)c4ccccc4n3)nc(C)c2cc1C.Cc1ccnc(CCc2cc(OCc3cc4ccccc4o3)n3nc(C)nc3n2)n1.Cc1nc2nc(C(C)C)cc(OCc3cc4ccccc4o3)n2n1.Cc1nnc(OCc2cc3ccccc3o2)c2c1nnn2Cc1ccccc1F. The number of fused-ring (bicyclic) bond motifs is 9. The molecule has 13 aromatic heterocycles. The molecule has 0 aliphatic heterocycles. The van der Waals surface area contributed by atoms with Crippen LogP contribution in [-0.2, 0) is 45.8 Å². The molecule has 0 saturated heterocycles. The fraction of sp³-hybridized carbons (Fsp3) is 0.191. The Morgan fingerprint density at radius 2 is 0.966 bits per heavy atom. The number of hydrogen-bond acceptors (Lipinski definition) is 25. The number of aryl methyl sites for hydroxylation is 9. The van der Waals surface area contributed by atoms with Crippen LogP contribution >= 0.6 is 0 Å². The summed E-state index contributed by atoms with van der Waals surface area (Å²) in [6, 6.07) is 63.5. The molecule has 0 unspecified atom stereocenters. The number of aromatic nitrogens is 19. The predicted molar refractivity (Wildman–Crippen MR) is 441 cm³/mol. The van der Waals surface area contributed by atoms with E-state index < -0.39 is 0 Å². The molecule has 7 aromatic carbocycles. The van der Waals surface area contributed by atoms with Gasteiger partial charge in [0, 0.05) is 62.9 Å². The van der Waals surface area contributed by atoms with Crippen LogP contribution in [0, 0.1) is 54.3 Å². The predicted octanol–water partition coefficient (Wildman–Crippen LogP) is 18.1. The molecule has 20 aromatic rings. The molecule has 20 rings (SSSR count). The summed E-state index contributed by atoms with van der Waals surface area (Å²) >= 11 is 0. The Morgan fingerprint density at radius 1 is 0.441 bits per heavy atom. The Labute approximate surface area is 672 Å². The van der Waals surface area contributed by atoms with Gasteiger partial charge < -0.3 is 36.6 Å². The van der Waals surface area contributed by atoms with Gasteiger partial charge in [-0.3, -0.25) is 5.32 Å². The normalized spacial score (nSPS) is 11.4. The second-order valence-electron chi connectivity index (χ2n) is 28.5. The summed E-state index contributed by atoms with van der Waals surface area (Å²) in [6.07, 6.45) is 3.13. The van der Waals surface area contributed by atoms with E-state index in [0.29, 0.717) is 100 Å². The lowest BCUT2D eigenvalue weighted by Crippen LogP contribution is -2.07. The summed E-state index contributed by atoms with van der Waals surface area (Å²) < 4.78 is 66.3. The zero-order valence-electron chi connectivity index (χ0n) is 65.8. The van der Waals surface area contributed by atoms with Crippen molar-refractivity contribution in [3.63, 3.8) is 0 Å². The summed E-state index contributed by atoms with van der Waals surface area (Å²) in [4.78, 5) is 45.3. The van der Waals surface area contributed by atoms with Gasteiger partial charge in [-0.05, 0) is 157 Å². The number of para-hydroxylation sites is 5. The number of anilines is 2. The Bertz CT molecular complexity index is 6940. The first-order valence-electron chi connectivity index (χ1n) is 38.2. The van der Waals surface area contributed by atoms with Crippen LogP contribution in [0.5, 0.6) is 23.5 Å². The zero-order chi connectivity index (χ0) is 80.9. The van der Waals surface area contributed by atoms with Crippen molar-refractivity contribution in [3.8, 4) is 23.5 Å². The monoisotopic (exact) mass is 1570 g/mol. The molecule has 29 heteroatoms. The quantitative estimate of drug-likeness (QED) is 0.0741. The molecule has 0 amide bonds. The van der Waals surface area contributed by atoms with E-state index in [0.717, 1.165) is 112 Å². The first kappa shape index (κ1) is 75.6. The molecule has 0 aliphatic carbocycles. The lowest BCUT2D eigenvalue weighted by Gasteiger charge is -2.11. The van der Waals surface area contributed by atoms with E-state index in [-0.39, 0.29) is 44.0 Å². The van der Waals surface area contributed by atoms with Crippen LogP contribution in [-0.4, -0.2) is 94.3 Å². The zero-order valence-corrected chi connectivity index (χ0v) is 65.8. The van der Waals surface area contributed by atoms with Crippen molar-refractivity contribution in [3.05, 3.63) is 298 Å². The number of rotatable bonds is 20. The van der Waals surface area contributed by atoms with Crippen LogP contribution in [0.15, 0.2) is 224 Å². The highest BCUT2D eigenvalue weighted by Gasteiger charge is 2.22. The van der Waals surface area contributed by atoms with Gasteiger partial charge in [0.25, 0.3) is 17.4 Å². The number of benzene rings is 7. The molecule has 28 nitrogen and oxygen atoms in total. The molecule has 13 heterocycles. The topological polar surface area (TPSA) is 321 Å². The summed E-state index contributed by atoms with van der Waals surface area (Å²) in [6.45, 7) is 19.0. The van der Waals surface area contributed by atoms with Crippen molar-refractivity contribution in [1.29, 1.82) is 0 Å². The van der Waals surface area contributed by atoms with E-state index in [2.05, 4.69) is 121 Å². The second kappa shape index (κ2) is 33.2. The van der Waals surface area contributed by atoms with Gasteiger partial charge in [0.2, 0.25) is 29.5 Å². The Hall–Kier alpha value is -15.0. The summed E-state index contributed by atoms with van der Waals surface area (Å²) in [5, 5.41) is 34.5. The molecule has 0 radical (unpaired) electrons. The van der Waals surface area contributed by atoms with Crippen molar-refractivity contribution in [2.24, 2.45) is 0 Å². The highest BCUT2D eigenvalue weighted by molar-refractivity contribution is 5.87. The number of halogens is 1. The van der Waals surface area contributed by atoms with Crippen LogP contribution < -0.4 is 24.3 Å². The standard InChI is InChI=1S/C28H23N5O2.C22H20N6O2.C21H16FN5O2.C18H18N4O2/c1-16-12-22-18(3)29-27(31-24(22)13-17(16)2)33-28-30-23-10-6-5-9-21(23)26(32-28)34-15-20-14-19-8-4-7-11-25(19)35-20;1-14-9-10-23-20(24-14)8-7-17-12-21(28-22(26-17)25-15(2)27-28)29-13-18-11-16-5-3-4-6-19(16)30-18;1-13-19-20(27(26-24-19)11-15-7-2-4-8-17(15)22)21(25-23-13)28-12-16-10-14-6-3-5-9-18(14)29-16;1-11(2)15-9-17(22-18(20-15)19-12(3)21-22)23-10-14-8-13-6-4-5-7-16(13)24-14/h4-14H,15H2,1-3H3,(H,29,30,31,32,33);3-6,9-12H,7-8,13H2,1-2H3;2-10H,11-12H2,1H3;4-9,11H,10H2,1-3H3. The van der Waals surface area contributed by atoms with Gasteiger partial charge >= 0.3 is 0 Å².